The summed E-state index contributed by atoms with van der Waals surface area (Å²) in [5.74, 6) is 0.200. The highest BCUT2D eigenvalue weighted by Gasteiger charge is 2.40. The van der Waals surface area contributed by atoms with Crippen LogP contribution in [0.3, 0.4) is 0 Å². The Balaban J connectivity index is 1.66. The molecule has 3 atom stereocenters. The van der Waals surface area contributed by atoms with Gasteiger partial charge in [-0.2, -0.15) is 0 Å². The quantitative estimate of drug-likeness (QED) is 0.918. The Kier molecular flexibility index (Phi) is 3.83. The van der Waals surface area contributed by atoms with E-state index in [1.54, 1.807) is 6.07 Å². The fourth-order valence-electron chi connectivity index (χ4n) is 4.05. The molecular weight excluding hydrogens is 253 g/mol. The number of piperidine rings is 1. The summed E-state index contributed by atoms with van der Waals surface area (Å²) in [6.07, 6.45) is 5.12. The summed E-state index contributed by atoms with van der Waals surface area (Å²) in [5.41, 5.74) is 2.02. The average molecular weight is 277 g/mol. The number of rotatable bonds is 3. The number of nitrogens with zero attached hydrogens (tertiary/aromatic N) is 1. The summed E-state index contributed by atoms with van der Waals surface area (Å²) in [7, 11) is 2.22. The molecule has 0 aromatic heterocycles. The molecule has 2 aliphatic rings. The Labute approximate surface area is 120 Å². The van der Waals surface area contributed by atoms with Crippen molar-refractivity contribution in [3.63, 3.8) is 0 Å². The third-order valence-corrected chi connectivity index (χ3v) is 5.41. The van der Waals surface area contributed by atoms with Crippen LogP contribution in [-0.4, -0.2) is 35.2 Å². The van der Waals surface area contributed by atoms with Crippen LogP contribution in [0.1, 0.15) is 36.8 Å². The first kappa shape index (κ1) is 14.0. The van der Waals surface area contributed by atoms with E-state index in [-0.39, 0.29) is 11.9 Å². The van der Waals surface area contributed by atoms with Gasteiger partial charge in [-0.15, -0.1) is 0 Å². The van der Waals surface area contributed by atoms with Crippen LogP contribution in [-0.2, 0) is 6.42 Å². The van der Waals surface area contributed by atoms with Gasteiger partial charge in [0.25, 0.3) is 0 Å². The molecule has 20 heavy (non-hydrogen) atoms. The number of hydrogen-bond donors (Lipinski definition) is 1. The van der Waals surface area contributed by atoms with Crippen LogP contribution in [0, 0.1) is 18.7 Å². The summed E-state index contributed by atoms with van der Waals surface area (Å²) in [6, 6.07) is 6.18. The van der Waals surface area contributed by atoms with Crippen LogP contribution in [0.25, 0.3) is 0 Å². The van der Waals surface area contributed by atoms with Crippen molar-refractivity contribution in [2.45, 2.75) is 57.2 Å². The fraction of sp³-hybridized carbons (Fsp3) is 0.647. The number of aryl methyl sites for hydroxylation is 1. The zero-order valence-electron chi connectivity index (χ0n) is 12.3. The molecule has 0 amide bonds. The second kappa shape index (κ2) is 5.45. The van der Waals surface area contributed by atoms with Crippen molar-refractivity contribution < 1.29 is 9.50 Å². The second-order valence-electron chi connectivity index (χ2n) is 6.62. The number of halogens is 1. The van der Waals surface area contributed by atoms with Gasteiger partial charge in [-0.3, -0.25) is 0 Å². The summed E-state index contributed by atoms with van der Waals surface area (Å²) >= 11 is 0. The van der Waals surface area contributed by atoms with Crippen molar-refractivity contribution in [3.8, 4) is 0 Å². The third-order valence-electron chi connectivity index (χ3n) is 5.41. The monoisotopic (exact) mass is 277 g/mol. The largest absolute Gasteiger partial charge is 0.392 e. The van der Waals surface area contributed by atoms with Crippen LogP contribution >= 0.6 is 0 Å². The smallest absolute Gasteiger partial charge is 0.123 e. The fourth-order valence-corrected chi connectivity index (χ4v) is 4.05. The van der Waals surface area contributed by atoms with E-state index >= 15 is 0 Å². The van der Waals surface area contributed by atoms with Gasteiger partial charge in [0.1, 0.15) is 5.82 Å². The minimum Gasteiger partial charge on any atom is -0.392 e. The maximum absolute atomic E-state index is 13.1. The normalized spacial score (nSPS) is 31.5. The number of aliphatic hydroxyl groups excluding tert-OH is 1. The average Bonchev–Trinajstić information content (AvgIpc) is 2.64. The highest BCUT2D eigenvalue weighted by molar-refractivity contribution is 5.27. The first-order valence-corrected chi connectivity index (χ1v) is 7.69. The van der Waals surface area contributed by atoms with Gasteiger partial charge in [-0.1, -0.05) is 6.07 Å². The molecule has 0 spiro atoms. The van der Waals surface area contributed by atoms with Crippen molar-refractivity contribution in [2.24, 2.45) is 5.92 Å². The molecule has 2 bridgehead atoms. The molecule has 110 valence electrons. The van der Waals surface area contributed by atoms with Gasteiger partial charge in [-0.05, 0) is 75.3 Å². The summed E-state index contributed by atoms with van der Waals surface area (Å²) < 4.78 is 13.1. The van der Waals surface area contributed by atoms with Crippen LogP contribution < -0.4 is 0 Å². The van der Waals surface area contributed by atoms with E-state index in [2.05, 4.69) is 11.9 Å². The number of fused-ring (bicyclic) bond motifs is 2. The summed E-state index contributed by atoms with van der Waals surface area (Å²) in [6.45, 7) is 1.92. The van der Waals surface area contributed by atoms with Gasteiger partial charge in [0.15, 0.2) is 0 Å². The topological polar surface area (TPSA) is 23.5 Å². The Hall–Kier alpha value is -0.930. The lowest BCUT2D eigenvalue weighted by atomic mass is 9.84. The minimum atomic E-state index is -0.295. The van der Waals surface area contributed by atoms with Crippen molar-refractivity contribution in [3.05, 3.63) is 35.1 Å². The predicted molar refractivity (Wildman–Crippen MR) is 78.1 cm³/mol. The zero-order valence-corrected chi connectivity index (χ0v) is 12.3. The van der Waals surface area contributed by atoms with Crippen LogP contribution in [0.5, 0.6) is 0 Å². The Morgan fingerprint density at radius 2 is 1.95 bits per heavy atom. The van der Waals surface area contributed by atoms with Crippen molar-refractivity contribution in [2.75, 3.05) is 7.05 Å². The van der Waals surface area contributed by atoms with Crippen LogP contribution in [0.2, 0.25) is 0 Å². The number of benzene rings is 1. The lowest BCUT2D eigenvalue weighted by molar-refractivity contribution is 0.0367. The molecule has 0 radical (unpaired) electrons. The molecule has 2 heterocycles. The van der Waals surface area contributed by atoms with Crippen molar-refractivity contribution >= 4 is 0 Å². The van der Waals surface area contributed by atoms with Gasteiger partial charge in [0, 0.05) is 12.1 Å². The maximum atomic E-state index is 13.1. The Bertz CT molecular complexity index is 476. The van der Waals surface area contributed by atoms with Gasteiger partial charge in [0.05, 0.1) is 6.10 Å². The Morgan fingerprint density at radius 1 is 1.30 bits per heavy atom. The van der Waals surface area contributed by atoms with Gasteiger partial charge < -0.3 is 10.0 Å². The SMILES string of the molecule is Cc1cc(F)ccc1CC(O)C1CC2CCC(C1)N2C. The Morgan fingerprint density at radius 3 is 2.55 bits per heavy atom. The summed E-state index contributed by atoms with van der Waals surface area (Å²) in [5, 5.41) is 10.6. The minimum absolute atomic E-state index is 0.196. The molecule has 0 aliphatic carbocycles. The number of aliphatic hydroxyl groups is 1. The molecule has 1 aromatic rings. The highest BCUT2D eigenvalue weighted by Crippen LogP contribution is 2.39. The molecule has 1 N–H and O–H groups in total. The molecule has 0 saturated carbocycles. The molecule has 2 aliphatic heterocycles. The third kappa shape index (κ3) is 2.61. The van der Waals surface area contributed by atoms with E-state index in [0.717, 1.165) is 24.0 Å². The molecule has 2 fully saturated rings. The first-order valence-electron chi connectivity index (χ1n) is 7.69. The predicted octanol–water partition coefficient (Wildman–Crippen LogP) is 2.91. The lowest BCUT2D eigenvalue weighted by Gasteiger charge is -2.38. The van der Waals surface area contributed by atoms with Crippen LogP contribution in [0.4, 0.5) is 4.39 Å². The zero-order chi connectivity index (χ0) is 14.3. The van der Waals surface area contributed by atoms with E-state index < -0.39 is 0 Å². The summed E-state index contributed by atoms with van der Waals surface area (Å²) in [4.78, 5) is 2.49. The van der Waals surface area contributed by atoms with E-state index in [0.29, 0.717) is 24.4 Å². The molecule has 2 nitrogen and oxygen atoms in total. The van der Waals surface area contributed by atoms with Gasteiger partial charge in [-0.25, -0.2) is 4.39 Å². The molecule has 1 aromatic carbocycles. The van der Waals surface area contributed by atoms with Crippen LogP contribution in [0.15, 0.2) is 18.2 Å². The molecular formula is C17H24FNO. The maximum Gasteiger partial charge on any atom is 0.123 e. The number of hydrogen-bond acceptors (Lipinski definition) is 2. The molecule has 2 saturated heterocycles. The standard InChI is InChI=1S/C17H24FNO/c1-11-7-14(18)4-3-12(11)10-17(20)13-8-15-5-6-16(9-13)19(15)2/h3-4,7,13,15-17,20H,5-6,8-10H2,1-2H3. The van der Waals surface area contributed by atoms with E-state index in [1.807, 2.05) is 13.0 Å². The van der Waals surface area contributed by atoms with Crippen molar-refractivity contribution in [1.82, 2.24) is 4.90 Å². The van der Waals surface area contributed by atoms with E-state index in [4.69, 9.17) is 0 Å². The van der Waals surface area contributed by atoms with E-state index in [9.17, 15) is 9.50 Å². The lowest BCUT2D eigenvalue weighted by Crippen LogP contribution is -2.43. The molecule has 3 heteroatoms. The van der Waals surface area contributed by atoms with E-state index in [1.165, 1.54) is 18.9 Å². The molecule has 3 unspecified atom stereocenters. The second-order valence-corrected chi connectivity index (χ2v) is 6.62. The van der Waals surface area contributed by atoms with Gasteiger partial charge in [0.2, 0.25) is 0 Å². The first-order chi connectivity index (χ1) is 9.54. The molecule has 3 rings (SSSR count). The highest BCUT2D eigenvalue weighted by atomic mass is 19.1. The van der Waals surface area contributed by atoms with Crippen molar-refractivity contribution in [1.29, 1.82) is 0 Å². The van der Waals surface area contributed by atoms with Gasteiger partial charge >= 0.3 is 0 Å².